The van der Waals surface area contributed by atoms with Gasteiger partial charge < -0.3 is 4.57 Å². The molecule has 3 aromatic rings. The molecule has 1 aromatic carbocycles. The number of pyridine rings is 1. The Labute approximate surface area is 144 Å². The number of nitrogens with one attached hydrogen (secondary N) is 2. The molecule has 0 radical (unpaired) electrons. The van der Waals surface area contributed by atoms with Gasteiger partial charge in [-0.3, -0.25) is 20.4 Å². The number of thiazole rings is 1. The van der Waals surface area contributed by atoms with E-state index in [0.717, 1.165) is 12.1 Å². The zero-order chi connectivity index (χ0) is 17.8. The second-order valence-electron chi connectivity index (χ2n) is 5.07. The van der Waals surface area contributed by atoms with E-state index >= 15 is 0 Å². The third-order valence-electron chi connectivity index (χ3n) is 3.30. The molecule has 2 heterocycles. The number of hydrogen-bond acceptors (Lipinski definition) is 5. The van der Waals surface area contributed by atoms with E-state index in [-0.39, 0.29) is 23.4 Å². The molecule has 128 valence electrons. The fraction of sp³-hybridized carbons (Fsp3) is 0.0625. The van der Waals surface area contributed by atoms with Crippen molar-refractivity contribution >= 4 is 22.9 Å². The number of rotatable bonds is 5. The summed E-state index contributed by atoms with van der Waals surface area (Å²) in [5.41, 5.74) is 6.88. The van der Waals surface area contributed by atoms with Gasteiger partial charge in [0.1, 0.15) is 5.82 Å². The van der Waals surface area contributed by atoms with Crippen LogP contribution in [0.2, 0.25) is 0 Å². The molecule has 0 unspecified atom stereocenters. The van der Waals surface area contributed by atoms with Gasteiger partial charge in [0.05, 0.1) is 29.0 Å². The Balaban J connectivity index is 1.72. The van der Waals surface area contributed by atoms with Gasteiger partial charge in [-0.05, 0) is 18.2 Å². The van der Waals surface area contributed by atoms with E-state index in [0.29, 0.717) is 11.8 Å². The lowest BCUT2D eigenvalue weighted by atomic mass is 10.2. The SMILES string of the molecule is O=C(NNc1ccc(F)cc1F)c1ccc(=O)n(Cc2cscn2)c1. The van der Waals surface area contributed by atoms with Gasteiger partial charge >= 0.3 is 0 Å². The fourth-order valence-electron chi connectivity index (χ4n) is 2.07. The number of carbonyl (C=O) groups is 1. The topological polar surface area (TPSA) is 76.0 Å². The quantitative estimate of drug-likeness (QED) is 0.684. The minimum absolute atomic E-state index is 0.0782. The number of amides is 1. The summed E-state index contributed by atoms with van der Waals surface area (Å²) in [5, 5.41) is 1.80. The van der Waals surface area contributed by atoms with Crippen LogP contribution in [0.4, 0.5) is 14.5 Å². The molecule has 0 fully saturated rings. The summed E-state index contributed by atoms with van der Waals surface area (Å²) in [6, 6.07) is 5.54. The summed E-state index contributed by atoms with van der Waals surface area (Å²) in [5.74, 6) is -2.13. The van der Waals surface area contributed by atoms with Crippen LogP contribution in [0, 0.1) is 11.6 Å². The Kier molecular flexibility index (Phi) is 4.85. The van der Waals surface area contributed by atoms with Crippen molar-refractivity contribution in [3.05, 3.63) is 80.7 Å². The maximum absolute atomic E-state index is 13.5. The molecule has 0 spiro atoms. The normalized spacial score (nSPS) is 10.5. The average molecular weight is 362 g/mol. The van der Waals surface area contributed by atoms with Crippen molar-refractivity contribution in [3.63, 3.8) is 0 Å². The lowest BCUT2D eigenvalue weighted by Crippen LogP contribution is -2.31. The zero-order valence-electron chi connectivity index (χ0n) is 12.7. The maximum Gasteiger partial charge on any atom is 0.271 e. The molecule has 0 aliphatic heterocycles. The number of hydrogen-bond donors (Lipinski definition) is 2. The number of carbonyl (C=O) groups excluding carboxylic acids is 1. The molecule has 0 aliphatic rings. The monoisotopic (exact) mass is 362 g/mol. The molecule has 0 saturated heterocycles. The Morgan fingerprint density at radius 1 is 1.24 bits per heavy atom. The summed E-state index contributed by atoms with van der Waals surface area (Å²) in [7, 11) is 0. The lowest BCUT2D eigenvalue weighted by molar-refractivity contribution is 0.0961. The van der Waals surface area contributed by atoms with Gasteiger partial charge in [0.25, 0.3) is 11.5 Å². The van der Waals surface area contributed by atoms with Crippen LogP contribution in [0.1, 0.15) is 16.1 Å². The van der Waals surface area contributed by atoms with Gasteiger partial charge in [0, 0.05) is 23.7 Å². The largest absolute Gasteiger partial charge is 0.309 e. The first-order valence-corrected chi connectivity index (χ1v) is 8.06. The van der Waals surface area contributed by atoms with Crippen molar-refractivity contribution in [2.45, 2.75) is 6.54 Å². The van der Waals surface area contributed by atoms with Crippen LogP contribution < -0.4 is 16.4 Å². The molecule has 0 bridgehead atoms. The minimum atomic E-state index is -0.839. The number of halogens is 2. The third-order valence-corrected chi connectivity index (χ3v) is 3.94. The molecule has 2 N–H and O–H groups in total. The number of anilines is 1. The Morgan fingerprint density at radius 3 is 2.80 bits per heavy atom. The van der Waals surface area contributed by atoms with Crippen LogP contribution in [0.5, 0.6) is 0 Å². The highest BCUT2D eigenvalue weighted by molar-refractivity contribution is 7.07. The van der Waals surface area contributed by atoms with Crippen LogP contribution in [0.25, 0.3) is 0 Å². The number of hydrazine groups is 1. The van der Waals surface area contributed by atoms with Crippen LogP contribution in [0.15, 0.2) is 52.2 Å². The summed E-state index contributed by atoms with van der Waals surface area (Å²) < 4.78 is 27.7. The first kappa shape index (κ1) is 16.8. The average Bonchev–Trinajstić information content (AvgIpc) is 3.09. The Hall–Kier alpha value is -3.07. The second-order valence-corrected chi connectivity index (χ2v) is 5.79. The number of aromatic nitrogens is 2. The highest BCUT2D eigenvalue weighted by Crippen LogP contribution is 2.13. The molecule has 2 aromatic heterocycles. The van der Waals surface area contributed by atoms with Crippen LogP contribution >= 0.6 is 11.3 Å². The lowest BCUT2D eigenvalue weighted by Gasteiger charge is -2.10. The van der Waals surface area contributed by atoms with Gasteiger partial charge in [-0.25, -0.2) is 13.8 Å². The summed E-state index contributed by atoms with van der Waals surface area (Å²) in [4.78, 5) is 28.1. The molecule has 25 heavy (non-hydrogen) atoms. The molecule has 1 amide bonds. The molecule has 9 heteroatoms. The summed E-state index contributed by atoms with van der Waals surface area (Å²) in [6.45, 7) is 0.240. The molecule has 6 nitrogen and oxygen atoms in total. The van der Waals surface area contributed by atoms with Crippen molar-refractivity contribution < 1.29 is 13.6 Å². The molecule has 0 saturated carbocycles. The van der Waals surface area contributed by atoms with Gasteiger partial charge in [0.2, 0.25) is 0 Å². The van der Waals surface area contributed by atoms with Crippen molar-refractivity contribution in [2.24, 2.45) is 0 Å². The van der Waals surface area contributed by atoms with E-state index in [1.165, 1.54) is 34.2 Å². The fourth-order valence-corrected chi connectivity index (χ4v) is 2.62. The number of benzene rings is 1. The standard InChI is InChI=1S/C16H12F2N4O2S/c17-11-2-3-14(13(18)5-11)20-21-16(24)10-1-4-15(23)22(6-10)7-12-8-25-9-19-12/h1-6,8-9,20H,7H2,(H,21,24). The predicted octanol–water partition coefficient (Wildman–Crippen LogP) is 2.39. The van der Waals surface area contributed by atoms with Crippen molar-refractivity contribution in [2.75, 3.05) is 5.43 Å². The van der Waals surface area contributed by atoms with Gasteiger partial charge in [0.15, 0.2) is 5.82 Å². The van der Waals surface area contributed by atoms with Crippen LogP contribution in [0.3, 0.4) is 0 Å². The molecule has 3 rings (SSSR count). The molecular weight excluding hydrogens is 350 g/mol. The van der Waals surface area contributed by atoms with E-state index in [4.69, 9.17) is 0 Å². The van der Waals surface area contributed by atoms with Crippen molar-refractivity contribution in [1.82, 2.24) is 15.0 Å². The van der Waals surface area contributed by atoms with E-state index < -0.39 is 17.5 Å². The third kappa shape index (κ3) is 4.07. The smallest absolute Gasteiger partial charge is 0.271 e. The van der Waals surface area contributed by atoms with Crippen molar-refractivity contribution in [3.8, 4) is 0 Å². The van der Waals surface area contributed by atoms with Crippen molar-refractivity contribution in [1.29, 1.82) is 0 Å². The highest BCUT2D eigenvalue weighted by atomic mass is 32.1. The van der Waals surface area contributed by atoms with Crippen LogP contribution in [-0.2, 0) is 6.54 Å². The second kappa shape index (κ2) is 7.22. The highest BCUT2D eigenvalue weighted by Gasteiger charge is 2.10. The number of nitrogens with zero attached hydrogens (tertiary/aromatic N) is 2. The molecular formula is C16H12F2N4O2S. The Bertz CT molecular complexity index is 957. The minimum Gasteiger partial charge on any atom is -0.309 e. The van der Waals surface area contributed by atoms with E-state index in [1.54, 1.807) is 10.9 Å². The molecule has 0 aliphatic carbocycles. The van der Waals surface area contributed by atoms with Gasteiger partial charge in [-0.15, -0.1) is 11.3 Å². The maximum atomic E-state index is 13.5. The van der Waals surface area contributed by atoms with E-state index in [9.17, 15) is 18.4 Å². The summed E-state index contributed by atoms with van der Waals surface area (Å²) in [6.07, 6.45) is 1.39. The summed E-state index contributed by atoms with van der Waals surface area (Å²) >= 11 is 1.41. The van der Waals surface area contributed by atoms with Gasteiger partial charge in [-0.2, -0.15) is 0 Å². The Morgan fingerprint density at radius 2 is 2.08 bits per heavy atom. The first-order valence-electron chi connectivity index (χ1n) is 7.12. The van der Waals surface area contributed by atoms with Gasteiger partial charge in [-0.1, -0.05) is 0 Å². The predicted molar refractivity (Wildman–Crippen MR) is 89.4 cm³/mol. The van der Waals surface area contributed by atoms with E-state index in [2.05, 4.69) is 15.8 Å². The molecule has 0 atom stereocenters. The first-order chi connectivity index (χ1) is 12.0. The van der Waals surface area contributed by atoms with Crippen LogP contribution in [-0.4, -0.2) is 15.5 Å². The van der Waals surface area contributed by atoms with E-state index in [1.807, 2.05) is 0 Å². The zero-order valence-corrected chi connectivity index (χ0v) is 13.5.